The van der Waals surface area contributed by atoms with Gasteiger partial charge in [-0.3, -0.25) is 14.4 Å². The van der Waals surface area contributed by atoms with E-state index in [0.717, 1.165) is 5.56 Å². The van der Waals surface area contributed by atoms with E-state index in [-0.39, 0.29) is 11.4 Å². The number of aliphatic imine (C=N–C) groups is 1. The predicted octanol–water partition coefficient (Wildman–Crippen LogP) is 4.10. The minimum atomic E-state index is -0.534. The highest BCUT2D eigenvalue weighted by molar-refractivity contribution is 5.88. The van der Waals surface area contributed by atoms with Gasteiger partial charge in [0.25, 0.3) is 5.56 Å². The van der Waals surface area contributed by atoms with Gasteiger partial charge in [0.15, 0.2) is 0 Å². The number of methoxy groups -OCH3 is 1. The molecule has 6 nitrogen and oxygen atoms in total. The van der Waals surface area contributed by atoms with Crippen molar-refractivity contribution in [3.63, 3.8) is 0 Å². The van der Waals surface area contributed by atoms with Crippen LogP contribution in [0.25, 0.3) is 0 Å². The summed E-state index contributed by atoms with van der Waals surface area (Å²) >= 11 is 0. The first kappa shape index (κ1) is 19.9. The molecule has 3 aromatic rings. The smallest absolute Gasteiger partial charge is 0.272 e. The average molecular weight is 387 g/mol. The number of benzene rings is 2. The van der Waals surface area contributed by atoms with E-state index in [4.69, 9.17) is 4.74 Å². The van der Waals surface area contributed by atoms with Crippen LogP contribution in [0.3, 0.4) is 0 Å². The van der Waals surface area contributed by atoms with E-state index in [1.165, 1.54) is 10.8 Å². The lowest BCUT2D eigenvalue weighted by molar-refractivity contribution is 0.393. The molecule has 0 aliphatic rings. The van der Waals surface area contributed by atoms with E-state index in [1.54, 1.807) is 33.1 Å². The molecule has 0 aliphatic carbocycles. The summed E-state index contributed by atoms with van der Waals surface area (Å²) in [7, 11) is 1.55. The third-order valence-corrected chi connectivity index (χ3v) is 4.88. The fourth-order valence-corrected chi connectivity index (χ4v) is 3.21. The number of hydrogen-bond donors (Lipinski definition) is 1. The first-order valence-electron chi connectivity index (χ1n) is 9.09. The molecule has 0 bridgehead atoms. The third kappa shape index (κ3) is 3.76. The van der Waals surface area contributed by atoms with Gasteiger partial charge in [-0.15, -0.1) is 0 Å². The molecular weight excluding hydrogens is 366 g/mol. The van der Waals surface area contributed by atoms with Crippen molar-refractivity contribution in [3.8, 4) is 17.7 Å². The van der Waals surface area contributed by atoms with Gasteiger partial charge in [-0.2, -0.15) is 5.26 Å². The van der Waals surface area contributed by atoms with E-state index >= 15 is 0 Å². The molecule has 0 spiro atoms. The van der Waals surface area contributed by atoms with Crippen LogP contribution in [0.4, 0.5) is 5.69 Å². The molecule has 0 fully saturated rings. The molecule has 0 saturated carbocycles. The summed E-state index contributed by atoms with van der Waals surface area (Å²) in [6, 6.07) is 18.0. The van der Waals surface area contributed by atoms with Crippen molar-refractivity contribution in [1.29, 1.82) is 5.26 Å². The van der Waals surface area contributed by atoms with Gasteiger partial charge in [0.1, 0.15) is 23.1 Å². The van der Waals surface area contributed by atoms with Crippen LogP contribution < -0.4 is 10.3 Å². The first-order valence-corrected chi connectivity index (χ1v) is 9.09. The Kier molecular flexibility index (Phi) is 5.79. The zero-order valence-electron chi connectivity index (χ0n) is 16.5. The standard InChI is InChI=1S/C23H21N3O3/c1-15-18(13-24)22(27)26(16(2)17-9-5-4-6-10-17)23(28)19(15)14-25-20-11-7-8-12-21(20)29-3/h4-12,14,16,28H,1-3H3. The Bertz CT molecular complexity index is 1160. The summed E-state index contributed by atoms with van der Waals surface area (Å²) in [6.45, 7) is 3.43. The van der Waals surface area contributed by atoms with Crippen LogP contribution in [0.1, 0.15) is 35.2 Å². The molecule has 0 radical (unpaired) electrons. The maximum absolute atomic E-state index is 12.9. The first-order chi connectivity index (χ1) is 14.0. The summed E-state index contributed by atoms with van der Waals surface area (Å²) < 4.78 is 6.52. The number of rotatable bonds is 5. The summed E-state index contributed by atoms with van der Waals surface area (Å²) in [5.74, 6) is 0.342. The van der Waals surface area contributed by atoms with Crippen molar-refractivity contribution in [1.82, 2.24) is 4.57 Å². The molecule has 1 atom stereocenters. The summed E-state index contributed by atoms with van der Waals surface area (Å²) in [6.07, 6.45) is 1.46. The van der Waals surface area contributed by atoms with Gasteiger partial charge < -0.3 is 9.84 Å². The maximum Gasteiger partial charge on any atom is 0.272 e. The molecule has 3 rings (SSSR count). The number of ether oxygens (including phenoxy) is 1. The number of para-hydroxylation sites is 2. The van der Waals surface area contributed by atoms with Gasteiger partial charge in [0.2, 0.25) is 5.88 Å². The molecule has 0 amide bonds. The molecule has 29 heavy (non-hydrogen) atoms. The molecule has 1 heterocycles. The highest BCUT2D eigenvalue weighted by Crippen LogP contribution is 2.29. The van der Waals surface area contributed by atoms with Crippen LogP contribution in [-0.2, 0) is 0 Å². The van der Waals surface area contributed by atoms with Gasteiger partial charge in [-0.25, -0.2) is 0 Å². The minimum absolute atomic E-state index is 0.0212. The van der Waals surface area contributed by atoms with E-state index < -0.39 is 11.6 Å². The highest BCUT2D eigenvalue weighted by atomic mass is 16.5. The van der Waals surface area contributed by atoms with Crippen LogP contribution >= 0.6 is 0 Å². The zero-order chi connectivity index (χ0) is 21.0. The second-order valence-electron chi connectivity index (χ2n) is 6.54. The monoisotopic (exact) mass is 387 g/mol. The SMILES string of the molecule is COc1ccccc1N=Cc1c(C)c(C#N)c(=O)n(C(C)c2ccccc2)c1O. The second-order valence-corrected chi connectivity index (χ2v) is 6.54. The largest absolute Gasteiger partial charge is 0.494 e. The van der Waals surface area contributed by atoms with E-state index in [1.807, 2.05) is 48.5 Å². The summed E-state index contributed by atoms with van der Waals surface area (Å²) in [5, 5.41) is 20.5. The maximum atomic E-state index is 12.9. The van der Waals surface area contributed by atoms with Crippen molar-refractivity contribution in [2.24, 2.45) is 4.99 Å². The molecule has 146 valence electrons. The number of nitrogens with zero attached hydrogens (tertiary/aromatic N) is 3. The molecule has 6 heteroatoms. The van der Waals surface area contributed by atoms with Crippen molar-refractivity contribution in [3.05, 3.63) is 87.2 Å². The number of hydrogen-bond acceptors (Lipinski definition) is 5. The Morgan fingerprint density at radius 2 is 1.83 bits per heavy atom. The van der Waals surface area contributed by atoms with Crippen LogP contribution in [0.15, 0.2) is 64.4 Å². The molecule has 1 aromatic heterocycles. The zero-order valence-corrected chi connectivity index (χ0v) is 16.5. The van der Waals surface area contributed by atoms with Crippen LogP contribution in [0, 0.1) is 18.3 Å². The van der Waals surface area contributed by atoms with Crippen LogP contribution in [-0.4, -0.2) is 23.0 Å². The lowest BCUT2D eigenvalue weighted by atomic mass is 10.0. The Hall–Kier alpha value is -3.85. The molecule has 1 N–H and O–H groups in total. The fourth-order valence-electron chi connectivity index (χ4n) is 3.21. The molecular formula is C23H21N3O3. The quantitative estimate of drug-likeness (QED) is 0.668. The van der Waals surface area contributed by atoms with Crippen molar-refractivity contribution in [2.45, 2.75) is 19.9 Å². The second kappa shape index (κ2) is 8.44. The van der Waals surface area contributed by atoms with Gasteiger partial charge in [0, 0.05) is 6.21 Å². The van der Waals surface area contributed by atoms with Gasteiger partial charge in [0.05, 0.1) is 18.7 Å². The van der Waals surface area contributed by atoms with Gasteiger partial charge in [-0.05, 0) is 37.1 Å². The lowest BCUT2D eigenvalue weighted by Crippen LogP contribution is -2.28. The van der Waals surface area contributed by atoms with Gasteiger partial charge in [-0.1, -0.05) is 42.5 Å². The van der Waals surface area contributed by atoms with Crippen LogP contribution in [0.5, 0.6) is 11.6 Å². The number of nitriles is 1. The van der Waals surface area contributed by atoms with E-state index in [9.17, 15) is 15.2 Å². The van der Waals surface area contributed by atoms with E-state index in [0.29, 0.717) is 22.6 Å². The van der Waals surface area contributed by atoms with Crippen molar-refractivity contribution >= 4 is 11.9 Å². The number of pyridine rings is 1. The average Bonchev–Trinajstić information content (AvgIpc) is 2.74. The predicted molar refractivity (Wildman–Crippen MR) is 112 cm³/mol. The fraction of sp³-hybridized carbons (Fsp3) is 0.174. The number of aromatic hydroxyl groups is 1. The van der Waals surface area contributed by atoms with Gasteiger partial charge >= 0.3 is 0 Å². The molecule has 0 aliphatic heterocycles. The summed E-state index contributed by atoms with van der Waals surface area (Å²) in [4.78, 5) is 17.3. The Morgan fingerprint density at radius 3 is 2.48 bits per heavy atom. The van der Waals surface area contributed by atoms with E-state index in [2.05, 4.69) is 4.99 Å². The third-order valence-electron chi connectivity index (χ3n) is 4.88. The van der Waals surface area contributed by atoms with Crippen molar-refractivity contribution in [2.75, 3.05) is 7.11 Å². The minimum Gasteiger partial charge on any atom is -0.494 e. The Morgan fingerprint density at radius 1 is 1.17 bits per heavy atom. The van der Waals surface area contributed by atoms with Crippen molar-refractivity contribution < 1.29 is 9.84 Å². The molecule has 2 aromatic carbocycles. The molecule has 1 unspecified atom stereocenters. The lowest BCUT2D eigenvalue weighted by Gasteiger charge is -2.20. The summed E-state index contributed by atoms with van der Waals surface area (Å²) in [5.41, 5.74) is 1.55. The number of aromatic nitrogens is 1. The molecule has 0 saturated heterocycles. The topological polar surface area (TPSA) is 87.6 Å². The highest BCUT2D eigenvalue weighted by Gasteiger charge is 2.22. The normalized spacial score (nSPS) is 11.9. The van der Waals surface area contributed by atoms with Crippen LogP contribution in [0.2, 0.25) is 0 Å². The Balaban J connectivity index is 2.19. The Labute approximate surface area is 169 Å².